The highest BCUT2D eigenvalue weighted by Crippen LogP contribution is 2.46. The van der Waals surface area contributed by atoms with Crippen molar-refractivity contribution in [1.29, 1.82) is 0 Å². The van der Waals surface area contributed by atoms with Gasteiger partial charge in [-0.1, -0.05) is 61.5 Å². The van der Waals surface area contributed by atoms with Crippen LogP contribution in [0.4, 0.5) is 11.8 Å². The molecule has 1 fully saturated rings. The van der Waals surface area contributed by atoms with Gasteiger partial charge in [-0.25, -0.2) is 0 Å². The first kappa shape index (κ1) is 20.0. The fraction of sp³-hybridized carbons (Fsp3) is 0.393. The molecule has 172 valence electrons. The Morgan fingerprint density at radius 2 is 1.59 bits per heavy atom. The van der Waals surface area contributed by atoms with Crippen molar-refractivity contribution in [3.8, 4) is 11.4 Å². The fourth-order valence-electron chi connectivity index (χ4n) is 6.44. The first-order chi connectivity index (χ1) is 16.7. The zero-order chi connectivity index (χ0) is 22.7. The predicted molar refractivity (Wildman–Crippen MR) is 135 cm³/mol. The molecule has 0 aromatic heterocycles. The number of hydrogen-bond acceptors (Lipinski definition) is 5. The summed E-state index contributed by atoms with van der Waals surface area (Å²) in [5.74, 6) is 3.12. The van der Waals surface area contributed by atoms with Gasteiger partial charge in [0.1, 0.15) is 5.82 Å². The lowest BCUT2D eigenvalue weighted by Gasteiger charge is -2.40. The van der Waals surface area contributed by atoms with Gasteiger partial charge in [0.25, 0.3) is 0 Å². The lowest BCUT2D eigenvalue weighted by Crippen LogP contribution is -2.42. The van der Waals surface area contributed by atoms with Crippen molar-refractivity contribution in [3.05, 3.63) is 77.0 Å². The number of benzene rings is 2. The van der Waals surface area contributed by atoms with E-state index in [1.54, 1.807) is 11.1 Å². The normalized spacial score (nSPS) is 19.3. The third-order valence-electron chi connectivity index (χ3n) is 8.38. The van der Waals surface area contributed by atoms with Gasteiger partial charge in [-0.15, -0.1) is 5.10 Å². The number of nitrogens with zero attached hydrogens (tertiary/aromatic N) is 5. The second kappa shape index (κ2) is 7.55. The highest BCUT2D eigenvalue weighted by Gasteiger charge is 2.41. The lowest BCUT2D eigenvalue weighted by atomic mass is 9.76. The molecule has 1 N–H and O–H groups in total. The van der Waals surface area contributed by atoms with E-state index in [0.717, 1.165) is 55.0 Å². The number of piperidine rings is 1. The Hall–Kier alpha value is -3.41. The molecule has 1 spiro atoms. The molecule has 6 nitrogen and oxygen atoms in total. The van der Waals surface area contributed by atoms with Crippen molar-refractivity contribution in [2.45, 2.75) is 45.1 Å². The Kier molecular flexibility index (Phi) is 4.44. The molecule has 34 heavy (non-hydrogen) atoms. The summed E-state index contributed by atoms with van der Waals surface area (Å²) in [5.41, 5.74) is 6.89. The number of hydrogen-bond donors (Lipinski definition) is 1. The third kappa shape index (κ3) is 3.04. The summed E-state index contributed by atoms with van der Waals surface area (Å²) < 4.78 is 2.37. The number of anilines is 2. The molecule has 2 aromatic carbocycles. The Labute approximate surface area is 200 Å². The molecular formula is C28H30N6. The van der Waals surface area contributed by atoms with Crippen molar-refractivity contribution in [3.63, 3.8) is 0 Å². The quantitative estimate of drug-likeness (QED) is 0.489. The number of nitrogens with one attached hydrogen (secondary N) is 1. The van der Waals surface area contributed by atoms with Crippen molar-refractivity contribution in [1.82, 2.24) is 19.7 Å². The molecule has 1 atom stereocenters. The highest BCUT2D eigenvalue weighted by molar-refractivity contribution is 5.78. The van der Waals surface area contributed by atoms with Gasteiger partial charge < -0.3 is 10.2 Å². The maximum absolute atomic E-state index is 5.10. The largest absolute Gasteiger partial charge is 0.369 e. The van der Waals surface area contributed by atoms with E-state index in [0.29, 0.717) is 5.41 Å². The van der Waals surface area contributed by atoms with Gasteiger partial charge in [-0.2, -0.15) is 10.1 Å². The maximum Gasteiger partial charge on any atom is 0.209 e. The molecule has 0 bridgehead atoms. The van der Waals surface area contributed by atoms with E-state index in [1.165, 1.54) is 31.2 Å². The molecule has 2 aromatic rings. The zero-order valence-electron chi connectivity index (χ0n) is 19.7. The molecular weight excluding hydrogens is 420 g/mol. The van der Waals surface area contributed by atoms with Crippen LogP contribution in [-0.2, 0) is 19.4 Å². The van der Waals surface area contributed by atoms with Gasteiger partial charge in [-0.05, 0) is 47.8 Å². The molecule has 1 saturated heterocycles. The average molecular weight is 451 g/mol. The molecule has 0 radical (unpaired) electrons. The van der Waals surface area contributed by atoms with E-state index in [2.05, 4.69) is 86.5 Å². The standard InChI is InChI=1S/C28H30N6/c1-19(20-7-3-2-4-8-20)24-23-25(32-31-24)30-27(34-16-13-29-26(23)34)33-14-11-28(12-15-33)17-21-9-5-6-10-22(21)18-28/h2-10,19,29H,11-18H2,1H3. The smallest absolute Gasteiger partial charge is 0.209 e. The minimum Gasteiger partial charge on any atom is -0.369 e. The van der Waals surface area contributed by atoms with Crippen molar-refractivity contribution < 1.29 is 0 Å². The lowest BCUT2D eigenvalue weighted by molar-refractivity contribution is 0.231. The Balaban J connectivity index is 1.20. The SMILES string of the molecule is CC(c1ccccc1)c1nnc2nc(N3CCC4(CC3)Cc3ccccc3C4)n3c(c1-2)NCC3. The van der Waals surface area contributed by atoms with Crippen LogP contribution in [0.1, 0.15) is 48.1 Å². The van der Waals surface area contributed by atoms with Crippen LogP contribution < -0.4 is 10.2 Å². The minimum absolute atomic E-state index is 0.171. The summed E-state index contributed by atoms with van der Waals surface area (Å²) in [7, 11) is 0. The Morgan fingerprint density at radius 1 is 0.882 bits per heavy atom. The van der Waals surface area contributed by atoms with Gasteiger partial charge >= 0.3 is 0 Å². The van der Waals surface area contributed by atoms with Crippen LogP contribution in [0.15, 0.2) is 54.6 Å². The van der Waals surface area contributed by atoms with Gasteiger partial charge in [-0.3, -0.25) is 4.57 Å². The predicted octanol–water partition coefficient (Wildman–Crippen LogP) is 4.74. The molecule has 7 rings (SSSR count). The second-order valence-electron chi connectivity index (χ2n) is 10.4. The molecule has 4 aliphatic heterocycles. The Morgan fingerprint density at radius 3 is 2.32 bits per heavy atom. The van der Waals surface area contributed by atoms with Crippen LogP contribution >= 0.6 is 0 Å². The van der Waals surface area contributed by atoms with Crippen LogP contribution in [0, 0.1) is 5.41 Å². The third-order valence-corrected chi connectivity index (χ3v) is 8.38. The molecule has 5 aliphatic rings. The van der Waals surface area contributed by atoms with E-state index in [1.807, 2.05) is 0 Å². The van der Waals surface area contributed by atoms with E-state index >= 15 is 0 Å². The molecule has 1 aliphatic carbocycles. The van der Waals surface area contributed by atoms with Gasteiger partial charge in [0.15, 0.2) is 5.82 Å². The van der Waals surface area contributed by atoms with E-state index in [-0.39, 0.29) is 5.92 Å². The van der Waals surface area contributed by atoms with Crippen molar-refractivity contribution in [2.75, 3.05) is 29.9 Å². The summed E-state index contributed by atoms with van der Waals surface area (Å²) in [4.78, 5) is 7.58. The average Bonchev–Trinajstić information content (AvgIpc) is 3.60. The number of fused-ring (bicyclic) bond motifs is 4. The molecule has 1 unspecified atom stereocenters. The first-order valence-corrected chi connectivity index (χ1v) is 12.6. The van der Waals surface area contributed by atoms with E-state index < -0.39 is 0 Å². The summed E-state index contributed by atoms with van der Waals surface area (Å²) in [6, 6.07) is 19.6. The zero-order valence-corrected chi connectivity index (χ0v) is 19.7. The summed E-state index contributed by atoms with van der Waals surface area (Å²) in [6.45, 7) is 6.17. The maximum atomic E-state index is 5.10. The van der Waals surface area contributed by atoms with Gasteiger partial charge in [0.2, 0.25) is 5.95 Å². The monoisotopic (exact) mass is 450 g/mol. The summed E-state index contributed by atoms with van der Waals surface area (Å²) in [6.07, 6.45) is 4.89. The second-order valence-corrected chi connectivity index (χ2v) is 10.4. The highest BCUT2D eigenvalue weighted by atomic mass is 15.4. The van der Waals surface area contributed by atoms with E-state index in [9.17, 15) is 0 Å². The number of aromatic nitrogens is 4. The molecule has 4 heterocycles. The van der Waals surface area contributed by atoms with Gasteiger partial charge in [0, 0.05) is 32.1 Å². The van der Waals surface area contributed by atoms with Crippen molar-refractivity contribution >= 4 is 11.8 Å². The van der Waals surface area contributed by atoms with Crippen LogP contribution in [0.3, 0.4) is 0 Å². The first-order valence-electron chi connectivity index (χ1n) is 12.6. The topological polar surface area (TPSA) is 58.9 Å². The van der Waals surface area contributed by atoms with Gasteiger partial charge in [0.05, 0.1) is 11.3 Å². The van der Waals surface area contributed by atoms with E-state index in [4.69, 9.17) is 4.98 Å². The van der Waals surface area contributed by atoms with Crippen molar-refractivity contribution in [2.24, 2.45) is 5.41 Å². The van der Waals surface area contributed by atoms with Crippen LogP contribution in [0.25, 0.3) is 11.4 Å². The minimum atomic E-state index is 0.171. The summed E-state index contributed by atoms with van der Waals surface area (Å²) >= 11 is 0. The fourth-order valence-corrected chi connectivity index (χ4v) is 6.44. The molecule has 0 amide bonds. The Bertz CT molecular complexity index is 1290. The number of rotatable bonds is 3. The summed E-state index contributed by atoms with van der Waals surface area (Å²) in [5, 5.41) is 12.8. The molecule has 0 saturated carbocycles. The van der Waals surface area contributed by atoms with Crippen LogP contribution in [0.2, 0.25) is 0 Å². The van der Waals surface area contributed by atoms with Crippen LogP contribution in [-0.4, -0.2) is 39.4 Å². The molecule has 6 heteroatoms. The van der Waals surface area contributed by atoms with Crippen LogP contribution in [0.5, 0.6) is 0 Å².